The second-order valence-electron chi connectivity index (χ2n) is 3.63. The maximum atomic E-state index is 10.5. The van der Waals surface area contributed by atoms with Crippen LogP contribution < -0.4 is 0 Å². The molecular formula is C14H12O3. The number of aliphatic carboxylic acids is 1. The van der Waals surface area contributed by atoms with Gasteiger partial charge < -0.3 is 9.52 Å². The van der Waals surface area contributed by atoms with Gasteiger partial charge in [0.05, 0.1) is 6.26 Å². The van der Waals surface area contributed by atoms with Gasteiger partial charge in [-0.15, -0.1) is 0 Å². The lowest BCUT2D eigenvalue weighted by Gasteiger charge is -2.03. The SMILES string of the molecule is O=C(O)/C=C/c1ccccc1Cc1ccco1. The number of hydrogen-bond acceptors (Lipinski definition) is 2. The van der Waals surface area contributed by atoms with Gasteiger partial charge in [-0.3, -0.25) is 0 Å². The summed E-state index contributed by atoms with van der Waals surface area (Å²) >= 11 is 0. The van der Waals surface area contributed by atoms with Crippen LogP contribution in [-0.4, -0.2) is 11.1 Å². The van der Waals surface area contributed by atoms with E-state index >= 15 is 0 Å². The van der Waals surface area contributed by atoms with Gasteiger partial charge in [-0.1, -0.05) is 24.3 Å². The number of carbonyl (C=O) groups is 1. The molecule has 0 atom stereocenters. The third-order valence-electron chi connectivity index (χ3n) is 2.41. The average Bonchev–Trinajstić information content (AvgIpc) is 2.80. The fourth-order valence-electron chi connectivity index (χ4n) is 1.62. The zero-order valence-corrected chi connectivity index (χ0v) is 9.17. The van der Waals surface area contributed by atoms with E-state index in [2.05, 4.69) is 0 Å². The molecule has 0 aliphatic heterocycles. The molecule has 0 fully saturated rings. The monoisotopic (exact) mass is 228 g/mol. The maximum Gasteiger partial charge on any atom is 0.328 e. The first kappa shape index (κ1) is 11.2. The normalized spacial score (nSPS) is 10.8. The molecule has 0 radical (unpaired) electrons. The van der Waals surface area contributed by atoms with Crippen LogP contribution in [0.3, 0.4) is 0 Å². The number of hydrogen-bond donors (Lipinski definition) is 1. The third-order valence-corrected chi connectivity index (χ3v) is 2.41. The van der Waals surface area contributed by atoms with Gasteiger partial charge in [-0.2, -0.15) is 0 Å². The summed E-state index contributed by atoms with van der Waals surface area (Å²) in [6.07, 6.45) is 5.03. The predicted molar refractivity (Wildman–Crippen MR) is 64.6 cm³/mol. The smallest absolute Gasteiger partial charge is 0.328 e. The molecule has 3 heteroatoms. The Hall–Kier alpha value is -2.29. The van der Waals surface area contributed by atoms with E-state index in [9.17, 15) is 4.79 Å². The molecule has 0 bridgehead atoms. The van der Waals surface area contributed by atoms with Crippen LogP contribution in [0, 0.1) is 0 Å². The van der Waals surface area contributed by atoms with Crippen molar-refractivity contribution in [2.24, 2.45) is 0 Å². The molecule has 86 valence electrons. The first-order valence-corrected chi connectivity index (χ1v) is 5.27. The van der Waals surface area contributed by atoms with E-state index in [1.807, 2.05) is 36.4 Å². The molecule has 17 heavy (non-hydrogen) atoms. The highest BCUT2D eigenvalue weighted by atomic mass is 16.4. The van der Waals surface area contributed by atoms with Gasteiger partial charge in [0, 0.05) is 12.5 Å². The molecule has 1 aromatic heterocycles. The van der Waals surface area contributed by atoms with Crippen molar-refractivity contribution >= 4 is 12.0 Å². The molecule has 0 saturated heterocycles. The molecule has 1 N–H and O–H groups in total. The summed E-state index contributed by atoms with van der Waals surface area (Å²) in [7, 11) is 0. The van der Waals surface area contributed by atoms with Gasteiger partial charge >= 0.3 is 5.97 Å². The Balaban J connectivity index is 2.24. The average molecular weight is 228 g/mol. The first-order valence-electron chi connectivity index (χ1n) is 5.27. The molecule has 0 unspecified atom stereocenters. The van der Waals surface area contributed by atoms with Gasteiger partial charge in [0.1, 0.15) is 5.76 Å². The molecule has 1 aromatic carbocycles. The summed E-state index contributed by atoms with van der Waals surface area (Å²) in [4.78, 5) is 10.5. The van der Waals surface area contributed by atoms with E-state index in [0.717, 1.165) is 23.0 Å². The molecule has 0 saturated carbocycles. The van der Waals surface area contributed by atoms with E-state index in [1.54, 1.807) is 12.3 Å². The van der Waals surface area contributed by atoms with Gasteiger partial charge in [-0.05, 0) is 29.3 Å². The minimum atomic E-state index is -0.946. The molecule has 0 aliphatic rings. The summed E-state index contributed by atoms with van der Waals surface area (Å²) in [5.74, 6) is -0.0843. The third kappa shape index (κ3) is 3.08. The van der Waals surface area contributed by atoms with Crippen molar-refractivity contribution in [3.8, 4) is 0 Å². The topological polar surface area (TPSA) is 50.4 Å². The minimum Gasteiger partial charge on any atom is -0.478 e. The number of carboxylic acids is 1. The fourth-order valence-corrected chi connectivity index (χ4v) is 1.62. The number of furan rings is 1. The van der Waals surface area contributed by atoms with Crippen LogP contribution in [0.4, 0.5) is 0 Å². The molecule has 0 spiro atoms. The summed E-state index contributed by atoms with van der Waals surface area (Å²) in [5.41, 5.74) is 1.94. The molecular weight excluding hydrogens is 216 g/mol. The highest BCUT2D eigenvalue weighted by Crippen LogP contribution is 2.16. The van der Waals surface area contributed by atoms with Gasteiger partial charge in [-0.25, -0.2) is 4.79 Å². The van der Waals surface area contributed by atoms with Crippen molar-refractivity contribution < 1.29 is 14.3 Å². The largest absolute Gasteiger partial charge is 0.478 e. The standard InChI is InChI=1S/C14H12O3/c15-14(16)8-7-11-4-1-2-5-12(11)10-13-6-3-9-17-13/h1-9H,10H2,(H,15,16)/b8-7+. The van der Waals surface area contributed by atoms with Crippen LogP contribution in [-0.2, 0) is 11.2 Å². The van der Waals surface area contributed by atoms with Crippen LogP contribution >= 0.6 is 0 Å². The summed E-state index contributed by atoms with van der Waals surface area (Å²) in [6.45, 7) is 0. The number of rotatable bonds is 4. The van der Waals surface area contributed by atoms with Crippen molar-refractivity contribution in [3.63, 3.8) is 0 Å². The van der Waals surface area contributed by atoms with Crippen molar-refractivity contribution in [2.45, 2.75) is 6.42 Å². The Morgan fingerprint density at radius 3 is 2.76 bits per heavy atom. The minimum absolute atomic E-state index is 0.660. The van der Waals surface area contributed by atoms with Crippen molar-refractivity contribution in [3.05, 3.63) is 65.6 Å². The zero-order chi connectivity index (χ0) is 12.1. The van der Waals surface area contributed by atoms with E-state index in [1.165, 1.54) is 0 Å². The fraction of sp³-hybridized carbons (Fsp3) is 0.0714. The van der Waals surface area contributed by atoms with Crippen LogP contribution in [0.1, 0.15) is 16.9 Å². The highest BCUT2D eigenvalue weighted by molar-refractivity contribution is 5.85. The lowest BCUT2D eigenvalue weighted by Crippen LogP contribution is -1.91. The predicted octanol–water partition coefficient (Wildman–Crippen LogP) is 2.97. The molecule has 0 amide bonds. The maximum absolute atomic E-state index is 10.5. The second-order valence-corrected chi connectivity index (χ2v) is 3.63. The van der Waals surface area contributed by atoms with E-state index in [0.29, 0.717) is 6.42 Å². The highest BCUT2D eigenvalue weighted by Gasteiger charge is 2.02. The summed E-state index contributed by atoms with van der Waals surface area (Å²) in [6, 6.07) is 11.4. The van der Waals surface area contributed by atoms with E-state index < -0.39 is 5.97 Å². The van der Waals surface area contributed by atoms with Crippen molar-refractivity contribution in [1.29, 1.82) is 0 Å². The molecule has 1 heterocycles. The van der Waals surface area contributed by atoms with Crippen LogP contribution in [0.2, 0.25) is 0 Å². The van der Waals surface area contributed by atoms with Crippen LogP contribution in [0.5, 0.6) is 0 Å². The molecule has 0 aliphatic carbocycles. The van der Waals surface area contributed by atoms with Crippen LogP contribution in [0.25, 0.3) is 6.08 Å². The molecule has 2 rings (SSSR count). The van der Waals surface area contributed by atoms with E-state index in [4.69, 9.17) is 9.52 Å². The Labute approximate surface area is 99.0 Å². The second kappa shape index (κ2) is 5.16. The van der Waals surface area contributed by atoms with Crippen molar-refractivity contribution in [2.75, 3.05) is 0 Å². The zero-order valence-electron chi connectivity index (χ0n) is 9.17. The quantitative estimate of drug-likeness (QED) is 0.818. The summed E-state index contributed by atoms with van der Waals surface area (Å²) in [5, 5.41) is 8.62. The van der Waals surface area contributed by atoms with Gasteiger partial charge in [0.15, 0.2) is 0 Å². The Bertz CT molecular complexity index is 524. The van der Waals surface area contributed by atoms with Crippen molar-refractivity contribution in [1.82, 2.24) is 0 Å². The lowest BCUT2D eigenvalue weighted by atomic mass is 10.0. The molecule has 2 aromatic rings. The van der Waals surface area contributed by atoms with Gasteiger partial charge in [0.2, 0.25) is 0 Å². The Morgan fingerprint density at radius 2 is 2.06 bits per heavy atom. The van der Waals surface area contributed by atoms with E-state index in [-0.39, 0.29) is 0 Å². The first-order chi connectivity index (χ1) is 8.25. The van der Waals surface area contributed by atoms with Crippen LogP contribution in [0.15, 0.2) is 53.2 Å². The number of carboxylic acid groups (broad SMARTS) is 1. The van der Waals surface area contributed by atoms with Gasteiger partial charge in [0.25, 0.3) is 0 Å². The Kier molecular flexibility index (Phi) is 3.40. The number of benzene rings is 1. The Morgan fingerprint density at radius 1 is 1.24 bits per heavy atom. The lowest BCUT2D eigenvalue weighted by molar-refractivity contribution is -0.131. The summed E-state index contributed by atoms with van der Waals surface area (Å²) < 4.78 is 5.28. The molecule has 3 nitrogen and oxygen atoms in total.